The zero-order chi connectivity index (χ0) is 21.9. The monoisotopic (exact) mass is 412 g/mol. The minimum atomic E-state index is -0.164. The van der Waals surface area contributed by atoms with Crippen molar-refractivity contribution in [3.8, 4) is 0 Å². The summed E-state index contributed by atoms with van der Waals surface area (Å²) in [6, 6.07) is 30.6. The standard InChI is InChI=1S/C28H32N2O/c1-3-4-20-29-28(31)30(22-23(2)21-24-14-8-5-9-15-24)27(25-16-10-6-11-17-25)26-18-12-7-13-19-26/h5-19,21,27H,3-4,20,22H2,1-2H3,(H,29,31). The molecule has 0 saturated carbocycles. The number of carbonyl (C=O) groups excluding carboxylic acids is 1. The molecule has 3 aromatic rings. The molecule has 0 radical (unpaired) electrons. The molecule has 3 aromatic carbocycles. The predicted octanol–water partition coefficient (Wildman–Crippen LogP) is 6.69. The Bertz CT molecular complexity index is 913. The zero-order valence-electron chi connectivity index (χ0n) is 18.5. The Kier molecular flexibility index (Phi) is 8.48. The maximum atomic E-state index is 13.4. The van der Waals surface area contributed by atoms with Crippen LogP contribution in [0.1, 0.15) is 49.4 Å². The van der Waals surface area contributed by atoms with Gasteiger partial charge in [-0.2, -0.15) is 0 Å². The number of hydrogen-bond donors (Lipinski definition) is 1. The van der Waals surface area contributed by atoms with Crippen LogP contribution in [0.3, 0.4) is 0 Å². The van der Waals surface area contributed by atoms with Crippen LogP contribution in [0, 0.1) is 0 Å². The minimum Gasteiger partial charge on any atom is -0.338 e. The molecule has 0 saturated heterocycles. The Balaban J connectivity index is 1.97. The number of benzene rings is 3. The number of hydrogen-bond acceptors (Lipinski definition) is 1. The molecule has 0 aliphatic carbocycles. The van der Waals surface area contributed by atoms with Gasteiger partial charge in [-0.15, -0.1) is 0 Å². The van der Waals surface area contributed by atoms with E-state index in [1.54, 1.807) is 0 Å². The molecular formula is C28H32N2O. The number of nitrogens with one attached hydrogen (secondary N) is 1. The molecule has 0 fully saturated rings. The van der Waals surface area contributed by atoms with Gasteiger partial charge in [-0.3, -0.25) is 0 Å². The summed E-state index contributed by atoms with van der Waals surface area (Å²) < 4.78 is 0. The Labute approximate surface area is 186 Å². The van der Waals surface area contributed by atoms with E-state index in [0.717, 1.165) is 35.1 Å². The lowest BCUT2D eigenvalue weighted by atomic mass is 9.96. The fourth-order valence-electron chi connectivity index (χ4n) is 3.73. The molecular weight excluding hydrogens is 380 g/mol. The third-order valence-electron chi connectivity index (χ3n) is 5.24. The van der Waals surface area contributed by atoms with Crippen LogP contribution in [0.25, 0.3) is 6.08 Å². The number of unbranched alkanes of at least 4 members (excludes halogenated alkanes) is 1. The summed E-state index contributed by atoms with van der Waals surface area (Å²) in [5.41, 5.74) is 4.48. The molecule has 0 aliphatic heterocycles. The maximum absolute atomic E-state index is 13.4. The first-order valence-corrected chi connectivity index (χ1v) is 11.1. The quantitative estimate of drug-likeness (QED) is 0.390. The second-order valence-corrected chi connectivity index (χ2v) is 7.84. The molecule has 0 atom stereocenters. The lowest BCUT2D eigenvalue weighted by molar-refractivity contribution is 0.189. The molecule has 3 nitrogen and oxygen atoms in total. The second kappa shape index (κ2) is 11.8. The molecule has 0 bridgehead atoms. The highest BCUT2D eigenvalue weighted by atomic mass is 16.2. The summed E-state index contributed by atoms with van der Waals surface area (Å²) >= 11 is 0. The van der Waals surface area contributed by atoms with Crippen LogP contribution in [0.4, 0.5) is 4.79 Å². The van der Waals surface area contributed by atoms with Gasteiger partial charge in [-0.25, -0.2) is 4.79 Å². The predicted molar refractivity (Wildman–Crippen MR) is 130 cm³/mol. The Morgan fingerprint density at radius 1 is 0.871 bits per heavy atom. The van der Waals surface area contributed by atoms with E-state index in [-0.39, 0.29) is 12.1 Å². The highest BCUT2D eigenvalue weighted by molar-refractivity contribution is 5.76. The van der Waals surface area contributed by atoms with E-state index in [0.29, 0.717) is 13.1 Å². The summed E-state index contributed by atoms with van der Waals surface area (Å²) in [4.78, 5) is 15.3. The Morgan fingerprint density at radius 2 is 1.39 bits per heavy atom. The highest BCUT2D eigenvalue weighted by Gasteiger charge is 2.26. The van der Waals surface area contributed by atoms with Gasteiger partial charge in [0.2, 0.25) is 0 Å². The molecule has 0 unspecified atom stereocenters. The number of nitrogens with zero attached hydrogens (tertiary/aromatic N) is 1. The van der Waals surface area contributed by atoms with Crippen LogP contribution >= 0.6 is 0 Å². The van der Waals surface area contributed by atoms with E-state index < -0.39 is 0 Å². The second-order valence-electron chi connectivity index (χ2n) is 7.84. The van der Waals surface area contributed by atoms with Crippen LogP contribution in [0.5, 0.6) is 0 Å². The van der Waals surface area contributed by atoms with Crippen molar-refractivity contribution in [1.82, 2.24) is 10.2 Å². The van der Waals surface area contributed by atoms with E-state index >= 15 is 0 Å². The van der Waals surface area contributed by atoms with Gasteiger partial charge in [0, 0.05) is 13.1 Å². The van der Waals surface area contributed by atoms with Crippen molar-refractivity contribution >= 4 is 12.1 Å². The summed E-state index contributed by atoms with van der Waals surface area (Å²) in [6.07, 6.45) is 4.17. The van der Waals surface area contributed by atoms with Gasteiger partial charge in [0.15, 0.2) is 0 Å². The number of amides is 2. The van der Waals surface area contributed by atoms with E-state index in [1.807, 2.05) is 59.5 Å². The molecule has 0 heterocycles. The molecule has 0 spiro atoms. The average Bonchev–Trinajstić information content (AvgIpc) is 2.81. The van der Waals surface area contributed by atoms with Gasteiger partial charge in [0.25, 0.3) is 0 Å². The molecule has 1 N–H and O–H groups in total. The summed E-state index contributed by atoms with van der Waals surface area (Å²) in [7, 11) is 0. The smallest absolute Gasteiger partial charge is 0.318 e. The third-order valence-corrected chi connectivity index (χ3v) is 5.24. The summed E-state index contributed by atoms with van der Waals surface area (Å²) in [5.74, 6) is 0. The van der Waals surface area contributed by atoms with Crippen LogP contribution in [-0.2, 0) is 0 Å². The first-order valence-electron chi connectivity index (χ1n) is 11.1. The average molecular weight is 413 g/mol. The third kappa shape index (κ3) is 6.58. The van der Waals surface area contributed by atoms with Crippen molar-refractivity contribution in [3.05, 3.63) is 113 Å². The lowest BCUT2D eigenvalue weighted by Gasteiger charge is -2.33. The highest BCUT2D eigenvalue weighted by Crippen LogP contribution is 2.29. The minimum absolute atomic E-state index is 0.0352. The van der Waals surface area contributed by atoms with Crippen molar-refractivity contribution in [2.24, 2.45) is 0 Å². The Hall–Kier alpha value is -3.33. The molecule has 160 valence electrons. The maximum Gasteiger partial charge on any atom is 0.318 e. The van der Waals surface area contributed by atoms with Gasteiger partial charge in [-0.1, -0.05) is 116 Å². The van der Waals surface area contributed by atoms with Gasteiger partial charge in [0.1, 0.15) is 0 Å². The molecule has 3 rings (SSSR count). The van der Waals surface area contributed by atoms with Crippen LogP contribution in [-0.4, -0.2) is 24.0 Å². The first-order chi connectivity index (χ1) is 15.2. The molecule has 0 aliphatic rings. The summed E-state index contributed by atoms with van der Waals surface area (Å²) in [5, 5.41) is 3.13. The fraction of sp³-hybridized carbons (Fsp3) is 0.250. The largest absolute Gasteiger partial charge is 0.338 e. The van der Waals surface area contributed by atoms with Gasteiger partial charge < -0.3 is 10.2 Å². The van der Waals surface area contributed by atoms with Crippen molar-refractivity contribution < 1.29 is 4.79 Å². The SMILES string of the molecule is CCCCNC(=O)N(CC(C)=Cc1ccccc1)C(c1ccccc1)c1ccccc1. The van der Waals surface area contributed by atoms with Gasteiger partial charge >= 0.3 is 6.03 Å². The van der Waals surface area contributed by atoms with Crippen LogP contribution in [0.15, 0.2) is 96.6 Å². The van der Waals surface area contributed by atoms with Gasteiger partial charge in [0.05, 0.1) is 6.04 Å². The fourth-order valence-corrected chi connectivity index (χ4v) is 3.73. The van der Waals surface area contributed by atoms with E-state index in [9.17, 15) is 4.79 Å². The molecule has 2 amide bonds. The van der Waals surface area contributed by atoms with Crippen LogP contribution in [0.2, 0.25) is 0 Å². The van der Waals surface area contributed by atoms with Crippen molar-refractivity contribution in [2.45, 2.75) is 32.7 Å². The normalized spacial score (nSPS) is 11.4. The van der Waals surface area contributed by atoms with Gasteiger partial charge in [-0.05, 0) is 30.0 Å². The van der Waals surface area contributed by atoms with E-state index in [2.05, 4.69) is 61.6 Å². The summed E-state index contributed by atoms with van der Waals surface area (Å²) in [6.45, 7) is 5.45. The first kappa shape index (κ1) is 22.4. The van der Waals surface area contributed by atoms with Crippen LogP contribution < -0.4 is 5.32 Å². The van der Waals surface area contributed by atoms with Crippen molar-refractivity contribution in [3.63, 3.8) is 0 Å². The van der Waals surface area contributed by atoms with E-state index in [4.69, 9.17) is 0 Å². The lowest BCUT2D eigenvalue weighted by Crippen LogP contribution is -2.43. The van der Waals surface area contributed by atoms with Crippen molar-refractivity contribution in [2.75, 3.05) is 13.1 Å². The molecule has 0 aromatic heterocycles. The number of carbonyl (C=O) groups is 1. The number of rotatable bonds is 9. The van der Waals surface area contributed by atoms with E-state index in [1.165, 1.54) is 0 Å². The molecule has 3 heteroatoms. The number of urea groups is 1. The topological polar surface area (TPSA) is 32.3 Å². The zero-order valence-corrected chi connectivity index (χ0v) is 18.5. The van der Waals surface area contributed by atoms with Crippen molar-refractivity contribution in [1.29, 1.82) is 0 Å². The molecule has 31 heavy (non-hydrogen) atoms. The Morgan fingerprint density at radius 3 is 1.90 bits per heavy atom.